The van der Waals surface area contributed by atoms with Crippen molar-refractivity contribution in [3.05, 3.63) is 65.7 Å². The second-order valence-electron chi connectivity index (χ2n) is 8.56. The molecule has 31 heavy (non-hydrogen) atoms. The first-order valence-electron chi connectivity index (χ1n) is 10.6. The van der Waals surface area contributed by atoms with Crippen LogP contribution in [-0.2, 0) is 21.2 Å². The van der Waals surface area contributed by atoms with Crippen molar-refractivity contribution in [1.29, 1.82) is 0 Å². The first-order valence-corrected chi connectivity index (χ1v) is 12.1. The highest BCUT2D eigenvalue weighted by molar-refractivity contribution is 7.90. The van der Waals surface area contributed by atoms with Gasteiger partial charge in [0.1, 0.15) is 16.6 Å². The Hall–Kier alpha value is -2.42. The van der Waals surface area contributed by atoms with Gasteiger partial charge in [-0.05, 0) is 42.7 Å². The molecule has 0 saturated carbocycles. The van der Waals surface area contributed by atoms with Crippen LogP contribution < -0.4 is 4.74 Å². The number of likely N-dealkylation sites (tertiary alicyclic amines) is 1. The molecule has 1 amide bonds. The highest BCUT2D eigenvalue weighted by atomic mass is 32.2. The quantitative estimate of drug-likeness (QED) is 0.707. The maximum absolute atomic E-state index is 13.3. The van der Waals surface area contributed by atoms with Gasteiger partial charge < -0.3 is 14.4 Å². The fourth-order valence-electron chi connectivity index (χ4n) is 5.11. The van der Waals surface area contributed by atoms with Crippen molar-refractivity contribution in [2.24, 2.45) is 0 Å². The first-order chi connectivity index (χ1) is 14.9. The molecule has 1 spiro atoms. The molecule has 7 nitrogen and oxygen atoms in total. The number of nitrogens with zero attached hydrogens (tertiary/aromatic N) is 2. The van der Waals surface area contributed by atoms with E-state index in [9.17, 15) is 13.2 Å². The lowest BCUT2D eigenvalue weighted by atomic mass is 9.99. The number of methoxy groups -OCH3 is 1. The molecule has 3 aliphatic rings. The average Bonchev–Trinajstić information content (AvgIpc) is 3.17. The Labute approximate surface area is 182 Å². The number of carbonyl (C=O) groups excluding carboxylic acids is 1. The second-order valence-corrected chi connectivity index (χ2v) is 10.7. The summed E-state index contributed by atoms with van der Waals surface area (Å²) in [5.74, 6) is 0.707. The highest BCUT2D eigenvalue weighted by Gasteiger charge is 2.65. The molecule has 0 aliphatic carbocycles. The number of sulfonamides is 1. The third-order valence-corrected chi connectivity index (χ3v) is 9.00. The van der Waals surface area contributed by atoms with Crippen LogP contribution in [0.15, 0.2) is 54.6 Å². The number of ether oxygens (including phenoxy) is 2. The number of morpholine rings is 1. The minimum absolute atomic E-state index is 0.0667. The molecule has 0 radical (unpaired) electrons. The SMILES string of the molecule is COc1ccc(CCN2C[C@@]34CN(C(=O)c5ccccc5)C[C@@H](C[C@@H]3S2(=O)=O)O4)cc1. The van der Waals surface area contributed by atoms with E-state index < -0.39 is 20.9 Å². The van der Waals surface area contributed by atoms with Crippen LogP contribution in [-0.4, -0.2) is 73.8 Å². The maximum Gasteiger partial charge on any atom is 0.254 e. The molecule has 3 heterocycles. The Morgan fingerprint density at radius 2 is 1.87 bits per heavy atom. The third-order valence-electron chi connectivity index (χ3n) is 6.63. The zero-order chi connectivity index (χ0) is 21.6. The molecular formula is C23H26N2O5S. The standard InChI is InChI=1S/C23H26N2O5S/c1-29-19-9-7-17(8-10-19)11-12-25-16-23-15-24(22(26)18-5-3-2-4-6-18)14-20(30-23)13-21(23)31(25,27)28/h2-10,20-21H,11-16H2,1H3/t20-,21+,23+/m1/s1. The third kappa shape index (κ3) is 3.52. The zero-order valence-corrected chi connectivity index (χ0v) is 18.3. The lowest BCUT2D eigenvalue weighted by Gasteiger charge is -2.39. The molecule has 0 N–H and O–H groups in total. The van der Waals surface area contributed by atoms with Crippen LogP contribution >= 0.6 is 0 Å². The summed E-state index contributed by atoms with van der Waals surface area (Å²) in [4.78, 5) is 14.8. The van der Waals surface area contributed by atoms with Crippen molar-refractivity contribution < 1.29 is 22.7 Å². The van der Waals surface area contributed by atoms with Crippen LogP contribution in [0.2, 0.25) is 0 Å². The van der Waals surface area contributed by atoms with Gasteiger partial charge in [-0.1, -0.05) is 30.3 Å². The van der Waals surface area contributed by atoms with Gasteiger partial charge in [0.05, 0.1) is 19.8 Å². The van der Waals surface area contributed by atoms with Gasteiger partial charge in [-0.25, -0.2) is 8.42 Å². The van der Waals surface area contributed by atoms with E-state index in [-0.39, 0.29) is 12.0 Å². The highest BCUT2D eigenvalue weighted by Crippen LogP contribution is 2.46. The van der Waals surface area contributed by atoms with Crippen molar-refractivity contribution in [1.82, 2.24) is 9.21 Å². The summed E-state index contributed by atoms with van der Waals surface area (Å²) in [6, 6.07) is 16.8. The Bertz CT molecular complexity index is 1070. The topological polar surface area (TPSA) is 76.2 Å². The van der Waals surface area contributed by atoms with Crippen LogP contribution in [0.25, 0.3) is 0 Å². The van der Waals surface area contributed by atoms with E-state index in [4.69, 9.17) is 9.47 Å². The number of hydrogen-bond acceptors (Lipinski definition) is 5. The van der Waals surface area contributed by atoms with Gasteiger partial charge in [0.15, 0.2) is 0 Å². The minimum atomic E-state index is -3.48. The predicted molar refractivity (Wildman–Crippen MR) is 116 cm³/mol. The number of benzene rings is 2. The minimum Gasteiger partial charge on any atom is -0.497 e. The average molecular weight is 443 g/mol. The van der Waals surface area contributed by atoms with Crippen molar-refractivity contribution in [2.75, 3.05) is 33.3 Å². The summed E-state index contributed by atoms with van der Waals surface area (Å²) in [7, 11) is -1.86. The molecule has 0 unspecified atom stereocenters. The fourth-order valence-corrected chi connectivity index (χ4v) is 7.42. The Morgan fingerprint density at radius 1 is 1.13 bits per heavy atom. The van der Waals surface area contributed by atoms with Crippen molar-refractivity contribution >= 4 is 15.9 Å². The van der Waals surface area contributed by atoms with Gasteiger partial charge in [0.2, 0.25) is 10.0 Å². The molecule has 2 aromatic carbocycles. The lowest BCUT2D eigenvalue weighted by molar-refractivity contribution is -0.0976. The van der Waals surface area contributed by atoms with Crippen molar-refractivity contribution in [2.45, 2.75) is 29.8 Å². The summed E-state index contributed by atoms with van der Waals surface area (Å²) < 4.78 is 39.6. The summed E-state index contributed by atoms with van der Waals surface area (Å²) in [5, 5.41) is -0.588. The fraction of sp³-hybridized carbons (Fsp3) is 0.435. The Kier molecular flexibility index (Phi) is 5.03. The molecular weight excluding hydrogens is 416 g/mol. The molecule has 8 heteroatoms. The number of amides is 1. The molecule has 3 atom stereocenters. The molecule has 3 saturated heterocycles. The van der Waals surface area contributed by atoms with Gasteiger partial charge in [0.25, 0.3) is 5.91 Å². The smallest absolute Gasteiger partial charge is 0.254 e. The largest absolute Gasteiger partial charge is 0.497 e. The van der Waals surface area contributed by atoms with E-state index >= 15 is 0 Å². The second kappa shape index (κ2) is 7.62. The number of hydrogen-bond donors (Lipinski definition) is 0. The summed E-state index contributed by atoms with van der Waals surface area (Å²) >= 11 is 0. The number of fused-ring (bicyclic) bond motifs is 1. The Balaban J connectivity index is 1.32. The monoisotopic (exact) mass is 442 g/mol. The van der Waals surface area contributed by atoms with E-state index in [1.54, 1.807) is 28.4 Å². The van der Waals surface area contributed by atoms with E-state index in [1.807, 2.05) is 42.5 Å². The molecule has 164 valence electrons. The van der Waals surface area contributed by atoms with E-state index in [1.165, 1.54) is 0 Å². The van der Waals surface area contributed by atoms with Crippen molar-refractivity contribution in [3.8, 4) is 5.75 Å². The molecule has 0 aromatic heterocycles. The summed E-state index contributed by atoms with van der Waals surface area (Å²) in [6.45, 7) is 1.44. The van der Waals surface area contributed by atoms with Gasteiger partial charge >= 0.3 is 0 Å². The van der Waals surface area contributed by atoms with Gasteiger partial charge in [-0.15, -0.1) is 0 Å². The Morgan fingerprint density at radius 3 is 2.58 bits per heavy atom. The predicted octanol–water partition coefficient (Wildman–Crippen LogP) is 1.94. The zero-order valence-electron chi connectivity index (χ0n) is 17.4. The lowest BCUT2D eigenvalue weighted by Crippen LogP contribution is -2.56. The van der Waals surface area contributed by atoms with E-state index in [0.717, 1.165) is 11.3 Å². The first kappa shape index (κ1) is 20.5. The van der Waals surface area contributed by atoms with Crippen LogP contribution in [0.3, 0.4) is 0 Å². The molecule has 2 bridgehead atoms. The number of carbonyl (C=O) groups is 1. The van der Waals surface area contributed by atoms with Crippen LogP contribution in [0.5, 0.6) is 5.75 Å². The van der Waals surface area contributed by atoms with Gasteiger partial charge in [-0.2, -0.15) is 4.31 Å². The van der Waals surface area contributed by atoms with E-state index in [0.29, 0.717) is 44.6 Å². The maximum atomic E-state index is 13.3. The summed E-state index contributed by atoms with van der Waals surface area (Å²) in [5.41, 5.74) is 0.828. The summed E-state index contributed by atoms with van der Waals surface area (Å²) in [6.07, 6.45) is 0.826. The van der Waals surface area contributed by atoms with Gasteiger partial charge in [0, 0.05) is 25.2 Å². The van der Waals surface area contributed by atoms with Crippen LogP contribution in [0.1, 0.15) is 22.3 Å². The van der Waals surface area contributed by atoms with Crippen LogP contribution in [0.4, 0.5) is 0 Å². The van der Waals surface area contributed by atoms with Crippen molar-refractivity contribution in [3.63, 3.8) is 0 Å². The van der Waals surface area contributed by atoms with Crippen LogP contribution in [0, 0.1) is 0 Å². The van der Waals surface area contributed by atoms with E-state index in [2.05, 4.69) is 0 Å². The molecule has 3 aliphatic heterocycles. The molecule has 5 rings (SSSR count). The normalized spacial score (nSPS) is 29.0. The number of rotatable bonds is 5. The molecule has 2 aromatic rings. The molecule has 3 fully saturated rings. The van der Waals surface area contributed by atoms with Gasteiger partial charge in [-0.3, -0.25) is 4.79 Å².